The fraction of sp³-hybridized carbons (Fsp3) is 0.286. The molecule has 1 aromatic heterocycles. The normalized spacial score (nSPS) is 12.2. The van der Waals surface area contributed by atoms with Crippen molar-refractivity contribution < 1.29 is 9.53 Å². The molecular formula is C14H16ClN3O2. The zero-order valence-corrected chi connectivity index (χ0v) is 12.1. The molecule has 20 heavy (non-hydrogen) atoms. The predicted molar refractivity (Wildman–Crippen MR) is 77.4 cm³/mol. The molecule has 0 fully saturated rings. The molecule has 1 amide bonds. The third kappa shape index (κ3) is 3.59. The minimum Gasteiger partial charge on any atom is -0.383 e. The highest BCUT2D eigenvalue weighted by atomic mass is 35.5. The summed E-state index contributed by atoms with van der Waals surface area (Å²) in [7, 11) is 1.60. The number of nitrogens with zero attached hydrogens (tertiary/aromatic N) is 2. The number of amides is 1. The maximum Gasteiger partial charge on any atom is 0.254 e. The summed E-state index contributed by atoms with van der Waals surface area (Å²) < 4.78 is 6.61. The van der Waals surface area contributed by atoms with Gasteiger partial charge >= 0.3 is 0 Å². The lowest BCUT2D eigenvalue weighted by atomic mass is 10.3. The minimum atomic E-state index is -0.172. The molecule has 1 atom stereocenters. The number of carbonyl (C=O) groups excluding carboxylic acids is 1. The Morgan fingerprint density at radius 2 is 2.15 bits per heavy atom. The first-order chi connectivity index (χ1) is 9.60. The third-order valence-electron chi connectivity index (χ3n) is 2.73. The second-order valence-corrected chi connectivity index (χ2v) is 4.92. The van der Waals surface area contributed by atoms with Crippen molar-refractivity contribution in [1.82, 2.24) is 15.1 Å². The molecule has 1 aromatic carbocycles. The van der Waals surface area contributed by atoms with Gasteiger partial charge in [-0.25, -0.2) is 4.68 Å². The van der Waals surface area contributed by atoms with Crippen molar-refractivity contribution >= 4 is 17.5 Å². The van der Waals surface area contributed by atoms with Gasteiger partial charge in [0.1, 0.15) is 0 Å². The van der Waals surface area contributed by atoms with Gasteiger partial charge in [0.15, 0.2) is 0 Å². The zero-order valence-electron chi connectivity index (χ0n) is 11.3. The molecule has 5 nitrogen and oxygen atoms in total. The molecule has 0 aliphatic rings. The van der Waals surface area contributed by atoms with Crippen LogP contribution in [-0.2, 0) is 4.74 Å². The van der Waals surface area contributed by atoms with E-state index in [2.05, 4.69) is 10.4 Å². The maximum absolute atomic E-state index is 12.0. The van der Waals surface area contributed by atoms with Gasteiger partial charge in [0.05, 0.1) is 24.1 Å². The van der Waals surface area contributed by atoms with Crippen LogP contribution in [0.4, 0.5) is 0 Å². The number of ether oxygens (including phenoxy) is 1. The molecule has 0 aliphatic heterocycles. The second-order valence-electron chi connectivity index (χ2n) is 4.48. The van der Waals surface area contributed by atoms with Crippen LogP contribution in [0, 0.1) is 0 Å². The number of halogens is 1. The number of carbonyl (C=O) groups is 1. The highest BCUT2D eigenvalue weighted by Crippen LogP contribution is 2.13. The first-order valence-electron chi connectivity index (χ1n) is 6.20. The maximum atomic E-state index is 12.0. The number of benzene rings is 1. The molecule has 1 heterocycles. The summed E-state index contributed by atoms with van der Waals surface area (Å²) in [6.07, 6.45) is 3.21. The number of aromatic nitrogens is 2. The SMILES string of the molecule is COC[C@H](C)NC(=O)c1cnn(-c2ccc(Cl)cc2)c1. The Labute approximate surface area is 122 Å². The van der Waals surface area contributed by atoms with Gasteiger partial charge in [-0.15, -0.1) is 0 Å². The van der Waals surface area contributed by atoms with E-state index in [0.717, 1.165) is 5.69 Å². The van der Waals surface area contributed by atoms with E-state index in [-0.39, 0.29) is 11.9 Å². The topological polar surface area (TPSA) is 56.1 Å². The van der Waals surface area contributed by atoms with Crippen LogP contribution in [0.3, 0.4) is 0 Å². The van der Waals surface area contributed by atoms with E-state index in [1.807, 2.05) is 19.1 Å². The highest BCUT2D eigenvalue weighted by Gasteiger charge is 2.12. The molecule has 0 aliphatic carbocycles. The molecule has 0 bridgehead atoms. The summed E-state index contributed by atoms with van der Waals surface area (Å²) in [5.41, 5.74) is 1.35. The van der Waals surface area contributed by atoms with E-state index >= 15 is 0 Å². The van der Waals surface area contributed by atoms with E-state index < -0.39 is 0 Å². The minimum absolute atomic E-state index is 0.0496. The molecule has 6 heteroatoms. The van der Waals surface area contributed by atoms with Crippen LogP contribution in [0.5, 0.6) is 0 Å². The summed E-state index contributed by atoms with van der Waals surface area (Å²) in [4.78, 5) is 12.0. The van der Waals surface area contributed by atoms with Gasteiger partial charge in [-0.1, -0.05) is 11.6 Å². The Bertz CT molecular complexity index is 580. The highest BCUT2D eigenvalue weighted by molar-refractivity contribution is 6.30. The van der Waals surface area contributed by atoms with Crippen molar-refractivity contribution in [2.45, 2.75) is 13.0 Å². The zero-order chi connectivity index (χ0) is 14.5. The largest absolute Gasteiger partial charge is 0.383 e. The van der Waals surface area contributed by atoms with Gasteiger partial charge in [-0.05, 0) is 31.2 Å². The molecule has 0 unspecified atom stereocenters. The Morgan fingerprint density at radius 1 is 1.45 bits per heavy atom. The van der Waals surface area contributed by atoms with Gasteiger partial charge in [0, 0.05) is 24.4 Å². The Kier molecular flexibility index (Phi) is 4.76. The Hall–Kier alpha value is -1.85. The standard InChI is InChI=1S/C14H16ClN3O2/c1-10(9-20-2)17-14(19)11-7-16-18(8-11)13-5-3-12(15)4-6-13/h3-8,10H,9H2,1-2H3,(H,17,19)/t10-/m0/s1. The van der Waals surface area contributed by atoms with Crippen LogP contribution in [0.2, 0.25) is 5.02 Å². The Balaban J connectivity index is 2.08. The molecule has 2 rings (SSSR count). The molecule has 106 valence electrons. The molecular weight excluding hydrogens is 278 g/mol. The monoisotopic (exact) mass is 293 g/mol. The fourth-order valence-corrected chi connectivity index (χ4v) is 1.90. The molecule has 0 saturated carbocycles. The van der Waals surface area contributed by atoms with Crippen LogP contribution in [0.15, 0.2) is 36.7 Å². The van der Waals surface area contributed by atoms with Gasteiger partial charge in [-0.2, -0.15) is 5.10 Å². The smallest absolute Gasteiger partial charge is 0.254 e. The average Bonchev–Trinajstić information content (AvgIpc) is 2.89. The fourth-order valence-electron chi connectivity index (χ4n) is 1.77. The summed E-state index contributed by atoms with van der Waals surface area (Å²) in [6.45, 7) is 2.35. The van der Waals surface area contributed by atoms with Gasteiger partial charge in [0.2, 0.25) is 0 Å². The summed E-state index contributed by atoms with van der Waals surface area (Å²) in [5.74, 6) is -0.172. The van der Waals surface area contributed by atoms with E-state index in [0.29, 0.717) is 17.2 Å². The molecule has 1 N–H and O–H groups in total. The van der Waals surface area contributed by atoms with E-state index in [9.17, 15) is 4.79 Å². The summed E-state index contributed by atoms with van der Waals surface area (Å²) >= 11 is 5.84. The van der Waals surface area contributed by atoms with Crippen LogP contribution >= 0.6 is 11.6 Å². The number of rotatable bonds is 5. The number of methoxy groups -OCH3 is 1. The van der Waals surface area contributed by atoms with E-state index in [1.54, 1.807) is 30.1 Å². The second kappa shape index (κ2) is 6.54. The van der Waals surface area contributed by atoms with Crippen LogP contribution < -0.4 is 5.32 Å². The van der Waals surface area contributed by atoms with Crippen LogP contribution in [-0.4, -0.2) is 35.4 Å². The number of nitrogens with one attached hydrogen (secondary N) is 1. The lowest BCUT2D eigenvalue weighted by Gasteiger charge is -2.11. The van der Waals surface area contributed by atoms with Crippen molar-refractivity contribution in [3.8, 4) is 5.69 Å². The Morgan fingerprint density at radius 3 is 2.80 bits per heavy atom. The molecule has 2 aromatic rings. The van der Waals surface area contributed by atoms with Gasteiger partial charge in [0.25, 0.3) is 5.91 Å². The number of hydrogen-bond acceptors (Lipinski definition) is 3. The first kappa shape index (κ1) is 14.6. The van der Waals surface area contributed by atoms with Crippen molar-refractivity contribution in [1.29, 1.82) is 0 Å². The average molecular weight is 294 g/mol. The van der Waals surface area contributed by atoms with Crippen molar-refractivity contribution in [2.24, 2.45) is 0 Å². The van der Waals surface area contributed by atoms with E-state index in [4.69, 9.17) is 16.3 Å². The van der Waals surface area contributed by atoms with Gasteiger partial charge < -0.3 is 10.1 Å². The van der Waals surface area contributed by atoms with Crippen molar-refractivity contribution in [3.63, 3.8) is 0 Å². The van der Waals surface area contributed by atoms with Crippen LogP contribution in [0.25, 0.3) is 5.69 Å². The third-order valence-corrected chi connectivity index (χ3v) is 2.98. The summed E-state index contributed by atoms with van der Waals surface area (Å²) in [6, 6.07) is 7.18. The van der Waals surface area contributed by atoms with E-state index in [1.165, 1.54) is 6.20 Å². The van der Waals surface area contributed by atoms with Crippen molar-refractivity contribution in [3.05, 3.63) is 47.2 Å². The predicted octanol–water partition coefficient (Wildman–Crippen LogP) is 2.29. The molecule has 0 spiro atoms. The molecule has 0 saturated heterocycles. The summed E-state index contributed by atoms with van der Waals surface area (Å²) in [5, 5.41) is 7.66. The molecule has 0 radical (unpaired) electrons. The van der Waals surface area contributed by atoms with Gasteiger partial charge in [-0.3, -0.25) is 4.79 Å². The lowest BCUT2D eigenvalue weighted by Crippen LogP contribution is -2.35. The number of hydrogen-bond donors (Lipinski definition) is 1. The lowest BCUT2D eigenvalue weighted by molar-refractivity contribution is 0.0905. The first-order valence-corrected chi connectivity index (χ1v) is 6.58. The quantitative estimate of drug-likeness (QED) is 0.920. The van der Waals surface area contributed by atoms with Crippen LogP contribution in [0.1, 0.15) is 17.3 Å². The van der Waals surface area contributed by atoms with Crippen molar-refractivity contribution in [2.75, 3.05) is 13.7 Å².